The summed E-state index contributed by atoms with van der Waals surface area (Å²) in [5.74, 6) is -3.75. The molecule has 0 aliphatic heterocycles. The van der Waals surface area contributed by atoms with Crippen molar-refractivity contribution in [2.45, 2.75) is 24.5 Å². The lowest BCUT2D eigenvalue weighted by molar-refractivity contribution is -0.117. The van der Waals surface area contributed by atoms with Gasteiger partial charge in [0.05, 0.1) is 11.4 Å². The number of amides is 1. The molecule has 1 rings (SSSR count). The molecule has 5 nitrogen and oxygen atoms in total. The van der Waals surface area contributed by atoms with Crippen molar-refractivity contribution >= 4 is 21.4 Å². The molecular formula is C15H20F2N2O3S. The van der Waals surface area contributed by atoms with E-state index in [2.05, 4.69) is 11.9 Å². The molecule has 1 aromatic rings. The third kappa shape index (κ3) is 5.72. The number of sulfone groups is 1. The van der Waals surface area contributed by atoms with Gasteiger partial charge in [0.15, 0.2) is 0 Å². The molecule has 1 N–H and O–H groups in total. The van der Waals surface area contributed by atoms with Crippen LogP contribution in [0.25, 0.3) is 0 Å². The lowest BCUT2D eigenvalue weighted by Gasteiger charge is -2.19. The molecule has 1 aromatic carbocycles. The van der Waals surface area contributed by atoms with E-state index in [9.17, 15) is 22.0 Å². The molecule has 0 aromatic heterocycles. The minimum Gasteiger partial charge on any atom is -0.325 e. The summed E-state index contributed by atoms with van der Waals surface area (Å²) in [5, 5.41) is 2.60. The van der Waals surface area contributed by atoms with Gasteiger partial charge in [0, 0.05) is 12.2 Å². The molecule has 0 bridgehead atoms. The third-order valence-corrected chi connectivity index (χ3v) is 4.41. The van der Waals surface area contributed by atoms with E-state index in [1.165, 1.54) is 12.1 Å². The summed E-state index contributed by atoms with van der Waals surface area (Å²) in [6.07, 6.45) is 0. The summed E-state index contributed by atoms with van der Waals surface area (Å²) in [6.45, 7) is 8.99. The molecule has 0 aliphatic rings. The van der Waals surface area contributed by atoms with Gasteiger partial charge in [-0.05, 0) is 37.7 Å². The van der Waals surface area contributed by atoms with E-state index in [0.29, 0.717) is 18.8 Å². The second kappa shape index (κ2) is 8.16. The zero-order valence-corrected chi connectivity index (χ0v) is 13.9. The molecule has 8 heteroatoms. The Morgan fingerprint density at radius 3 is 2.26 bits per heavy atom. The fourth-order valence-corrected chi connectivity index (χ4v) is 2.62. The van der Waals surface area contributed by atoms with Crippen molar-refractivity contribution in [2.24, 2.45) is 0 Å². The van der Waals surface area contributed by atoms with Crippen LogP contribution in [0.15, 0.2) is 41.3 Å². The van der Waals surface area contributed by atoms with Gasteiger partial charge in [-0.15, -0.1) is 0 Å². The second-order valence-electron chi connectivity index (χ2n) is 5.14. The summed E-state index contributed by atoms with van der Waals surface area (Å²) >= 11 is 0. The zero-order chi connectivity index (χ0) is 17.6. The molecule has 0 atom stereocenters. The lowest BCUT2D eigenvalue weighted by Crippen LogP contribution is -2.34. The molecule has 0 saturated heterocycles. The number of nitrogens with zero attached hydrogens (tertiary/aromatic N) is 1. The maximum absolute atomic E-state index is 12.4. The highest BCUT2D eigenvalue weighted by Crippen LogP contribution is 2.20. The zero-order valence-electron chi connectivity index (χ0n) is 13.1. The van der Waals surface area contributed by atoms with Crippen LogP contribution >= 0.6 is 0 Å². The number of carbonyl (C=O) groups excluding carboxylic acids is 1. The fourth-order valence-electron chi connectivity index (χ4n) is 1.90. The number of hydrogen-bond acceptors (Lipinski definition) is 4. The van der Waals surface area contributed by atoms with Crippen LogP contribution in [0.4, 0.5) is 14.5 Å². The molecule has 1 amide bonds. The Balaban J connectivity index is 2.71. The second-order valence-corrected chi connectivity index (χ2v) is 7.06. The summed E-state index contributed by atoms with van der Waals surface area (Å²) in [5.41, 5.74) is 1.27. The number of alkyl halides is 2. The molecule has 0 saturated carbocycles. The fraction of sp³-hybridized carbons (Fsp3) is 0.400. The van der Waals surface area contributed by atoms with Gasteiger partial charge in [-0.25, -0.2) is 8.42 Å². The van der Waals surface area contributed by atoms with E-state index in [1.54, 1.807) is 0 Å². The van der Waals surface area contributed by atoms with Gasteiger partial charge in [0.25, 0.3) is 0 Å². The maximum atomic E-state index is 12.4. The molecule has 128 valence electrons. The lowest BCUT2D eigenvalue weighted by atomic mass is 10.3. The average Bonchev–Trinajstić information content (AvgIpc) is 2.46. The summed E-state index contributed by atoms with van der Waals surface area (Å²) in [6, 6.07) is 4.65. The molecule has 0 unspecified atom stereocenters. The first-order chi connectivity index (χ1) is 10.7. The molecular weight excluding hydrogens is 326 g/mol. The van der Waals surface area contributed by atoms with E-state index >= 15 is 0 Å². The van der Waals surface area contributed by atoms with Gasteiger partial charge in [-0.1, -0.05) is 19.1 Å². The standard InChI is InChI=1S/C15H20F2N2O3S/c1-4-19(9-11(2)3)10-14(20)18-12-5-7-13(8-6-12)23(21,22)15(16)17/h5-8,15H,2,4,9-10H2,1,3H3,(H,18,20). The van der Waals surface area contributed by atoms with Gasteiger partial charge in [-0.3, -0.25) is 9.69 Å². The van der Waals surface area contributed by atoms with Crippen LogP contribution in [-0.2, 0) is 14.6 Å². The van der Waals surface area contributed by atoms with Crippen LogP contribution in [0.1, 0.15) is 13.8 Å². The average molecular weight is 346 g/mol. The van der Waals surface area contributed by atoms with Crippen LogP contribution < -0.4 is 5.32 Å². The van der Waals surface area contributed by atoms with E-state index in [-0.39, 0.29) is 12.5 Å². The highest BCUT2D eigenvalue weighted by Gasteiger charge is 2.26. The van der Waals surface area contributed by atoms with Gasteiger partial charge in [0.1, 0.15) is 0 Å². The molecule has 0 aliphatic carbocycles. The molecule has 0 heterocycles. The number of benzene rings is 1. The number of likely N-dealkylation sites (N-methyl/N-ethyl adjacent to an activating group) is 1. The Labute approximate surface area is 134 Å². The first-order valence-electron chi connectivity index (χ1n) is 6.95. The normalized spacial score (nSPS) is 11.7. The van der Waals surface area contributed by atoms with Crippen molar-refractivity contribution in [1.82, 2.24) is 4.90 Å². The number of hydrogen-bond donors (Lipinski definition) is 1. The predicted molar refractivity (Wildman–Crippen MR) is 85.2 cm³/mol. The minimum absolute atomic E-state index is 0.153. The predicted octanol–water partition coefficient (Wildman–Crippen LogP) is 2.52. The SMILES string of the molecule is C=C(C)CN(CC)CC(=O)Nc1ccc(S(=O)(=O)C(F)F)cc1. The van der Waals surface area contributed by atoms with Crippen molar-refractivity contribution in [2.75, 3.05) is 25.0 Å². The Morgan fingerprint density at radius 1 is 1.26 bits per heavy atom. The Hall–Kier alpha value is -1.80. The van der Waals surface area contributed by atoms with Crippen molar-refractivity contribution < 1.29 is 22.0 Å². The van der Waals surface area contributed by atoms with Gasteiger partial charge in [-0.2, -0.15) is 8.78 Å². The van der Waals surface area contributed by atoms with E-state index in [4.69, 9.17) is 0 Å². The number of halogens is 2. The summed E-state index contributed by atoms with van der Waals surface area (Å²) in [4.78, 5) is 13.3. The quantitative estimate of drug-likeness (QED) is 0.735. The van der Waals surface area contributed by atoms with Crippen LogP contribution in [0.5, 0.6) is 0 Å². The van der Waals surface area contributed by atoms with Crippen LogP contribution in [0, 0.1) is 0 Å². The number of carbonyl (C=O) groups is 1. The Bertz CT molecular complexity index is 658. The van der Waals surface area contributed by atoms with E-state index in [0.717, 1.165) is 17.7 Å². The molecule has 0 fully saturated rings. The topological polar surface area (TPSA) is 66.5 Å². The van der Waals surface area contributed by atoms with Gasteiger partial charge >= 0.3 is 5.76 Å². The van der Waals surface area contributed by atoms with E-state index < -0.39 is 20.5 Å². The van der Waals surface area contributed by atoms with Crippen LogP contribution in [0.2, 0.25) is 0 Å². The first-order valence-corrected chi connectivity index (χ1v) is 8.50. The van der Waals surface area contributed by atoms with Crippen LogP contribution in [0.3, 0.4) is 0 Å². The Kier molecular flexibility index (Phi) is 6.83. The molecule has 23 heavy (non-hydrogen) atoms. The largest absolute Gasteiger partial charge is 0.341 e. The van der Waals surface area contributed by atoms with Crippen molar-refractivity contribution in [3.63, 3.8) is 0 Å². The summed E-state index contributed by atoms with van der Waals surface area (Å²) < 4.78 is 47.5. The minimum atomic E-state index is -4.62. The van der Waals surface area contributed by atoms with E-state index in [1.807, 2.05) is 18.7 Å². The van der Waals surface area contributed by atoms with Crippen molar-refractivity contribution in [1.29, 1.82) is 0 Å². The smallest absolute Gasteiger partial charge is 0.325 e. The maximum Gasteiger partial charge on any atom is 0.341 e. The summed E-state index contributed by atoms with van der Waals surface area (Å²) in [7, 11) is -4.62. The third-order valence-electron chi connectivity index (χ3n) is 3.01. The van der Waals surface area contributed by atoms with Crippen LogP contribution in [-0.4, -0.2) is 44.6 Å². The number of rotatable bonds is 8. The highest BCUT2D eigenvalue weighted by atomic mass is 32.2. The first kappa shape index (κ1) is 19.2. The van der Waals surface area contributed by atoms with Crippen molar-refractivity contribution in [3.8, 4) is 0 Å². The highest BCUT2D eigenvalue weighted by molar-refractivity contribution is 7.91. The van der Waals surface area contributed by atoms with Gasteiger partial charge < -0.3 is 5.32 Å². The van der Waals surface area contributed by atoms with Gasteiger partial charge in [0.2, 0.25) is 15.7 Å². The number of nitrogens with one attached hydrogen (secondary N) is 1. The monoisotopic (exact) mass is 346 g/mol. The molecule has 0 spiro atoms. The Morgan fingerprint density at radius 2 is 1.83 bits per heavy atom. The number of anilines is 1. The van der Waals surface area contributed by atoms with Crippen molar-refractivity contribution in [3.05, 3.63) is 36.4 Å². The molecule has 0 radical (unpaired) electrons.